The summed E-state index contributed by atoms with van der Waals surface area (Å²) >= 11 is 0. The van der Waals surface area contributed by atoms with Gasteiger partial charge in [-0.05, 0) is 79.8 Å². The van der Waals surface area contributed by atoms with Crippen LogP contribution in [0.25, 0.3) is 28.0 Å². The van der Waals surface area contributed by atoms with Crippen LogP contribution >= 0.6 is 0 Å². The fraction of sp³-hybridized carbons (Fsp3) is 0.240. The smallest absolute Gasteiger partial charge is 0.137 e. The number of imidazole rings is 1. The highest BCUT2D eigenvalue weighted by atomic mass is 16.5. The molecule has 2 aromatic heterocycles. The molecule has 2 heterocycles. The molecule has 4 aromatic rings. The Hall–Kier alpha value is -3.11. The van der Waals surface area contributed by atoms with Crippen molar-refractivity contribution in [2.45, 2.75) is 38.4 Å². The first-order chi connectivity index (χ1) is 14.0. The molecule has 0 radical (unpaired) electrons. The van der Waals surface area contributed by atoms with Crippen LogP contribution in [0.15, 0.2) is 73.1 Å². The van der Waals surface area contributed by atoms with Gasteiger partial charge in [0.15, 0.2) is 0 Å². The molecule has 2 aromatic carbocycles. The summed E-state index contributed by atoms with van der Waals surface area (Å²) in [5.74, 6) is 0.871. The van der Waals surface area contributed by atoms with E-state index in [9.17, 15) is 5.11 Å². The van der Waals surface area contributed by atoms with Gasteiger partial charge in [0, 0.05) is 11.8 Å². The summed E-state index contributed by atoms with van der Waals surface area (Å²) in [5.41, 5.74) is 5.71. The van der Waals surface area contributed by atoms with Crippen LogP contribution in [0.4, 0.5) is 0 Å². The molecule has 0 unspecified atom stereocenters. The van der Waals surface area contributed by atoms with E-state index in [0.717, 1.165) is 52.2 Å². The number of hydrogen-bond donors (Lipinski definition) is 1. The van der Waals surface area contributed by atoms with Crippen molar-refractivity contribution in [1.29, 1.82) is 0 Å². The van der Waals surface area contributed by atoms with E-state index >= 15 is 0 Å². The van der Waals surface area contributed by atoms with Crippen LogP contribution in [0.5, 0.6) is 5.75 Å². The monoisotopic (exact) mass is 384 g/mol. The molecule has 1 fully saturated rings. The summed E-state index contributed by atoms with van der Waals surface area (Å²) in [6, 6.07) is 20.5. The lowest BCUT2D eigenvalue weighted by Gasteiger charge is -2.11. The van der Waals surface area contributed by atoms with E-state index in [1.54, 1.807) is 0 Å². The second kappa shape index (κ2) is 6.75. The van der Waals surface area contributed by atoms with Gasteiger partial charge in [-0.25, -0.2) is 4.98 Å². The molecule has 146 valence electrons. The standard InChI is InChI=1S/C25H24N2O2/c1-17(2)29-22-10-5-19(6-11-22)23-15-26-24-12-7-20(16-27(23)24)18-3-8-21(9-4-18)25(28)13-14-25/h3-12,15-17,28H,13-14H2,1-2H3. The van der Waals surface area contributed by atoms with Crippen LogP contribution in [-0.4, -0.2) is 20.6 Å². The summed E-state index contributed by atoms with van der Waals surface area (Å²) in [5, 5.41) is 10.3. The highest BCUT2D eigenvalue weighted by Gasteiger charge is 2.41. The zero-order chi connectivity index (χ0) is 20.0. The van der Waals surface area contributed by atoms with Crippen molar-refractivity contribution in [3.05, 3.63) is 78.6 Å². The molecular formula is C25H24N2O2. The van der Waals surface area contributed by atoms with Gasteiger partial charge < -0.3 is 9.84 Å². The van der Waals surface area contributed by atoms with Gasteiger partial charge in [-0.2, -0.15) is 0 Å². The van der Waals surface area contributed by atoms with Gasteiger partial charge in [-0.15, -0.1) is 0 Å². The van der Waals surface area contributed by atoms with Gasteiger partial charge in [0.25, 0.3) is 0 Å². The SMILES string of the molecule is CC(C)Oc1ccc(-c2cnc3ccc(-c4ccc(C5(O)CC5)cc4)cn23)cc1. The van der Waals surface area contributed by atoms with E-state index in [1.807, 2.05) is 50.4 Å². The van der Waals surface area contributed by atoms with Gasteiger partial charge in [-0.1, -0.05) is 24.3 Å². The van der Waals surface area contributed by atoms with E-state index < -0.39 is 5.60 Å². The van der Waals surface area contributed by atoms with Crippen LogP contribution in [-0.2, 0) is 5.60 Å². The molecule has 1 saturated carbocycles. The molecule has 0 saturated heterocycles. The van der Waals surface area contributed by atoms with Crippen molar-refractivity contribution in [1.82, 2.24) is 9.38 Å². The van der Waals surface area contributed by atoms with E-state index in [4.69, 9.17) is 4.74 Å². The minimum absolute atomic E-state index is 0.159. The van der Waals surface area contributed by atoms with E-state index in [1.165, 1.54) is 0 Å². The van der Waals surface area contributed by atoms with Crippen LogP contribution < -0.4 is 4.74 Å². The van der Waals surface area contributed by atoms with Gasteiger partial charge in [0.2, 0.25) is 0 Å². The molecule has 1 aliphatic carbocycles. The number of ether oxygens (including phenoxy) is 1. The van der Waals surface area contributed by atoms with Crippen molar-refractivity contribution in [3.8, 4) is 28.1 Å². The highest BCUT2D eigenvalue weighted by molar-refractivity contribution is 5.69. The molecule has 0 amide bonds. The largest absolute Gasteiger partial charge is 0.491 e. The minimum Gasteiger partial charge on any atom is -0.491 e. The number of aliphatic hydroxyl groups is 1. The molecule has 5 rings (SSSR count). The van der Waals surface area contributed by atoms with Crippen molar-refractivity contribution in [2.75, 3.05) is 0 Å². The zero-order valence-corrected chi connectivity index (χ0v) is 16.7. The summed E-state index contributed by atoms with van der Waals surface area (Å²) in [6.45, 7) is 4.05. The highest BCUT2D eigenvalue weighted by Crippen LogP contribution is 2.45. The second-order valence-electron chi connectivity index (χ2n) is 8.09. The van der Waals surface area contributed by atoms with Gasteiger partial charge in [-0.3, -0.25) is 4.40 Å². The Labute approximate surface area is 170 Å². The van der Waals surface area contributed by atoms with Crippen LogP contribution in [0.1, 0.15) is 32.3 Å². The Morgan fingerprint density at radius 1 is 0.897 bits per heavy atom. The molecule has 1 aliphatic rings. The first-order valence-electron chi connectivity index (χ1n) is 10.1. The number of pyridine rings is 1. The van der Waals surface area contributed by atoms with Gasteiger partial charge in [0.05, 0.1) is 23.6 Å². The minimum atomic E-state index is -0.592. The van der Waals surface area contributed by atoms with Crippen LogP contribution in [0.3, 0.4) is 0 Å². The zero-order valence-electron chi connectivity index (χ0n) is 16.7. The third-order valence-corrected chi connectivity index (χ3v) is 5.51. The van der Waals surface area contributed by atoms with E-state index in [-0.39, 0.29) is 6.10 Å². The lowest BCUT2D eigenvalue weighted by atomic mass is 10.0. The summed E-state index contributed by atoms with van der Waals surface area (Å²) in [7, 11) is 0. The molecule has 0 atom stereocenters. The van der Waals surface area contributed by atoms with E-state index in [0.29, 0.717) is 0 Å². The lowest BCUT2D eigenvalue weighted by molar-refractivity contribution is 0.151. The first-order valence-corrected chi connectivity index (χ1v) is 10.1. The number of rotatable bonds is 5. The predicted molar refractivity (Wildman–Crippen MR) is 115 cm³/mol. The summed E-state index contributed by atoms with van der Waals surface area (Å²) < 4.78 is 7.87. The van der Waals surface area contributed by atoms with Gasteiger partial charge >= 0.3 is 0 Å². The van der Waals surface area contributed by atoms with Crippen molar-refractivity contribution in [2.24, 2.45) is 0 Å². The van der Waals surface area contributed by atoms with Crippen molar-refractivity contribution < 1.29 is 9.84 Å². The average Bonchev–Trinajstić information content (AvgIpc) is 3.34. The fourth-order valence-corrected chi connectivity index (χ4v) is 3.72. The number of aromatic nitrogens is 2. The Bertz CT molecular complexity index is 1150. The molecule has 4 nitrogen and oxygen atoms in total. The maximum Gasteiger partial charge on any atom is 0.137 e. The topological polar surface area (TPSA) is 46.8 Å². The Kier molecular flexibility index (Phi) is 4.18. The van der Waals surface area contributed by atoms with Crippen LogP contribution in [0, 0.1) is 0 Å². The van der Waals surface area contributed by atoms with Crippen molar-refractivity contribution >= 4 is 5.65 Å². The lowest BCUT2D eigenvalue weighted by Crippen LogP contribution is -2.05. The maximum atomic E-state index is 10.3. The third-order valence-electron chi connectivity index (χ3n) is 5.51. The van der Waals surface area contributed by atoms with E-state index in [2.05, 4.69) is 45.9 Å². The summed E-state index contributed by atoms with van der Waals surface area (Å²) in [6.07, 6.45) is 5.90. The Balaban J connectivity index is 1.49. The van der Waals surface area contributed by atoms with Crippen LogP contribution in [0.2, 0.25) is 0 Å². The Morgan fingerprint density at radius 2 is 1.55 bits per heavy atom. The van der Waals surface area contributed by atoms with Gasteiger partial charge in [0.1, 0.15) is 11.4 Å². The third kappa shape index (κ3) is 3.40. The predicted octanol–water partition coefficient (Wildman–Crippen LogP) is 5.44. The fourth-order valence-electron chi connectivity index (χ4n) is 3.72. The molecular weight excluding hydrogens is 360 g/mol. The molecule has 0 bridgehead atoms. The number of fused-ring (bicyclic) bond motifs is 1. The quantitative estimate of drug-likeness (QED) is 0.499. The molecule has 0 aliphatic heterocycles. The maximum absolute atomic E-state index is 10.3. The number of hydrogen-bond acceptors (Lipinski definition) is 3. The average molecular weight is 384 g/mol. The second-order valence-corrected chi connectivity index (χ2v) is 8.09. The molecule has 1 N–H and O–H groups in total. The molecule has 4 heteroatoms. The number of nitrogens with zero attached hydrogens (tertiary/aromatic N) is 2. The molecule has 29 heavy (non-hydrogen) atoms. The number of benzene rings is 2. The normalized spacial score (nSPS) is 15.0. The van der Waals surface area contributed by atoms with Crippen molar-refractivity contribution in [3.63, 3.8) is 0 Å². The summed E-state index contributed by atoms with van der Waals surface area (Å²) in [4.78, 5) is 4.55. The Morgan fingerprint density at radius 3 is 2.21 bits per heavy atom. The first kappa shape index (κ1) is 18.0. The molecule has 0 spiro atoms.